The Labute approximate surface area is 349 Å². The average Bonchev–Trinajstić information content (AvgIpc) is 3.49. The number of aliphatic hydroxyl groups is 2. The summed E-state index contributed by atoms with van der Waals surface area (Å²) >= 11 is 0. The van der Waals surface area contributed by atoms with Crippen molar-refractivity contribution in [2.24, 2.45) is 56.7 Å². The molecule has 59 heavy (non-hydrogen) atoms. The van der Waals surface area contributed by atoms with Crippen LogP contribution in [0.15, 0.2) is 90.5 Å². The van der Waals surface area contributed by atoms with Crippen LogP contribution in [-0.4, -0.2) is 58.9 Å². The van der Waals surface area contributed by atoms with Gasteiger partial charge in [0.05, 0.1) is 25.4 Å². The number of rotatable bonds is 8. The molecule has 7 heteroatoms. The summed E-state index contributed by atoms with van der Waals surface area (Å²) < 4.78 is 11.8. The van der Waals surface area contributed by atoms with Crippen LogP contribution in [0.4, 0.5) is 4.79 Å². The van der Waals surface area contributed by atoms with Gasteiger partial charge in [0.25, 0.3) is 0 Å². The van der Waals surface area contributed by atoms with Crippen molar-refractivity contribution in [3.05, 3.63) is 96.1 Å². The number of nitrogens with zero attached hydrogens (tertiary/aromatic N) is 1. The molecule has 13 rings (SSSR count). The minimum Gasteiger partial charge on any atom is -0.497 e. The van der Waals surface area contributed by atoms with Gasteiger partial charge < -0.3 is 24.6 Å². The second-order valence-electron chi connectivity index (χ2n) is 21.5. The van der Waals surface area contributed by atoms with Crippen LogP contribution in [0.2, 0.25) is 0 Å². The van der Waals surface area contributed by atoms with Crippen molar-refractivity contribution in [3.63, 3.8) is 0 Å². The molecule has 1 unspecified atom stereocenters. The van der Waals surface area contributed by atoms with Gasteiger partial charge >= 0.3 is 6.09 Å². The number of ketones is 1. The van der Waals surface area contributed by atoms with Crippen molar-refractivity contribution in [1.29, 1.82) is 0 Å². The van der Waals surface area contributed by atoms with Gasteiger partial charge in [0.1, 0.15) is 11.5 Å². The van der Waals surface area contributed by atoms with Crippen LogP contribution in [0.25, 0.3) is 10.8 Å². The second-order valence-corrected chi connectivity index (χ2v) is 21.5. The largest absolute Gasteiger partial charge is 0.497 e. The number of carbonyl (C=O) groups is 2. The normalized spacial score (nSPS) is 42.2. The number of fused-ring (bicyclic) bond motifs is 2. The van der Waals surface area contributed by atoms with E-state index < -0.39 is 27.9 Å². The minimum atomic E-state index is -1.18. The molecule has 0 saturated heterocycles. The molecule has 6 bridgehead atoms. The summed E-state index contributed by atoms with van der Waals surface area (Å²) in [5.74, 6) is 3.65. The number of allylic oxidation sites excluding steroid dienone is 4. The number of Topliss-reactive ketones (excluding diaryl/α,β-unsaturated/α-hetero) is 1. The van der Waals surface area contributed by atoms with Crippen molar-refractivity contribution in [3.8, 4) is 11.5 Å². The lowest BCUT2D eigenvalue weighted by Gasteiger charge is -2.71. The van der Waals surface area contributed by atoms with E-state index in [2.05, 4.69) is 38.1 Å². The highest BCUT2D eigenvalue weighted by Gasteiger charge is 2.74. The molecule has 3 aromatic carbocycles. The van der Waals surface area contributed by atoms with Crippen LogP contribution < -0.4 is 9.47 Å². The Hall–Kier alpha value is -3.94. The number of ether oxygens (including phenoxy) is 2. The molecule has 0 heterocycles. The predicted molar refractivity (Wildman–Crippen MR) is 228 cm³/mol. The summed E-state index contributed by atoms with van der Waals surface area (Å²) in [5, 5.41) is 26.8. The zero-order valence-electron chi connectivity index (χ0n) is 35.1. The molecular formula is C52H61NO6. The number of carbonyl (C=O) groups excluding carboxylic acids is 2. The minimum absolute atomic E-state index is 0.0108. The fourth-order valence-corrected chi connectivity index (χ4v) is 16.3. The summed E-state index contributed by atoms with van der Waals surface area (Å²) in [4.78, 5) is 31.8. The Balaban J connectivity index is 0.967. The Kier molecular flexibility index (Phi) is 8.40. The molecule has 7 saturated carbocycles. The molecule has 8 atom stereocenters. The van der Waals surface area contributed by atoms with E-state index in [4.69, 9.17) is 9.47 Å². The van der Waals surface area contributed by atoms with Crippen molar-refractivity contribution in [2.45, 2.75) is 109 Å². The first-order valence-corrected chi connectivity index (χ1v) is 22.8. The Morgan fingerprint density at radius 1 is 0.746 bits per heavy atom. The number of hydrogen-bond acceptors (Lipinski definition) is 6. The zero-order chi connectivity index (χ0) is 40.6. The van der Waals surface area contributed by atoms with Gasteiger partial charge in [0.15, 0.2) is 5.78 Å². The molecule has 10 aliphatic rings. The summed E-state index contributed by atoms with van der Waals surface area (Å²) in [5.41, 5.74) is -1.33. The van der Waals surface area contributed by atoms with Gasteiger partial charge in [-0.25, -0.2) is 4.79 Å². The van der Waals surface area contributed by atoms with E-state index in [1.807, 2.05) is 65.6 Å². The molecule has 0 aliphatic heterocycles. The number of aliphatic hydroxyl groups excluding tert-OH is 1. The molecule has 2 spiro atoms. The molecule has 10 aliphatic carbocycles. The Morgan fingerprint density at radius 2 is 1.39 bits per heavy atom. The van der Waals surface area contributed by atoms with E-state index in [1.165, 1.54) is 19.3 Å². The van der Waals surface area contributed by atoms with Gasteiger partial charge in [-0.1, -0.05) is 62.4 Å². The molecule has 7 fully saturated rings. The molecule has 310 valence electrons. The van der Waals surface area contributed by atoms with Crippen molar-refractivity contribution in [1.82, 2.24) is 4.90 Å². The summed E-state index contributed by atoms with van der Waals surface area (Å²) in [7, 11) is 1.64. The van der Waals surface area contributed by atoms with Crippen LogP contribution in [0.1, 0.15) is 108 Å². The first-order valence-electron chi connectivity index (χ1n) is 22.8. The highest BCUT2D eigenvalue weighted by atomic mass is 16.6. The van der Waals surface area contributed by atoms with E-state index >= 15 is 4.79 Å². The lowest BCUT2D eigenvalue weighted by Crippen LogP contribution is -2.67. The van der Waals surface area contributed by atoms with Crippen LogP contribution in [-0.2, 0) is 0 Å². The standard InChI is InChI=1S/C52H61NO6/c1-47-17-14-39(54)29-50(47)20-21-52(42(30-50)45(55)37-9-11-40(58-3)12-10-37)43(47)15-18-48(2)44(52)16-19-51(48,57)32-53(31-49-26-33-22-34(27-49)24-35(23-33)28-49)46(56)59-41-13-8-36-6-4-5-7-38(36)25-41/h4-13,20-21,25,30,33-35,39,43-44,54,57H,14-19,22-24,26-29,31-32H2,1-3H3/t33?,34?,35?,39?,43-,44-,47-,48+,49?,50+,51-,52-/m1/s1. The number of benzene rings is 3. The van der Waals surface area contributed by atoms with E-state index in [-0.39, 0.29) is 41.1 Å². The van der Waals surface area contributed by atoms with Crippen LogP contribution >= 0.6 is 0 Å². The zero-order valence-corrected chi connectivity index (χ0v) is 35.1. The number of hydrogen-bond donors (Lipinski definition) is 2. The maximum Gasteiger partial charge on any atom is 0.415 e. The van der Waals surface area contributed by atoms with Gasteiger partial charge in [0, 0.05) is 33.9 Å². The van der Waals surface area contributed by atoms with Crippen molar-refractivity contribution in [2.75, 3.05) is 20.2 Å². The highest BCUT2D eigenvalue weighted by molar-refractivity contribution is 6.10. The maximum atomic E-state index is 15.1. The molecular weight excluding hydrogens is 735 g/mol. The smallest absolute Gasteiger partial charge is 0.415 e. The van der Waals surface area contributed by atoms with Gasteiger partial charge in [-0.2, -0.15) is 0 Å². The molecule has 0 aromatic heterocycles. The average molecular weight is 796 g/mol. The Bertz CT molecular complexity index is 2240. The number of methoxy groups -OCH3 is 1. The molecule has 7 nitrogen and oxygen atoms in total. The third-order valence-electron chi connectivity index (χ3n) is 18.6. The van der Waals surface area contributed by atoms with Crippen LogP contribution in [0.3, 0.4) is 0 Å². The van der Waals surface area contributed by atoms with Crippen molar-refractivity contribution < 1.29 is 29.3 Å². The quantitative estimate of drug-likeness (QED) is 0.174. The number of amides is 1. The first kappa shape index (κ1) is 38.0. The van der Waals surface area contributed by atoms with Gasteiger partial charge in [-0.3, -0.25) is 4.79 Å². The van der Waals surface area contributed by atoms with E-state index in [0.717, 1.165) is 85.5 Å². The topological polar surface area (TPSA) is 96.3 Å². The second kappa shape index (κ2) is 13.0. The lowest BCUT2D eigenvalue weighted by atomic mass is 9.32. The van der Waals surface area contributed by atoms with E-state index in [0.29, 0.717) is 36.4 Å². The monoisotopic (exact) mass is 795 g/mol. The third-order valence-corrected chi connectivity index (χ3v) is 18.6. The van der Waals surface area contributed by atoms with Crippen molar-refractivity contribution >= 4 is 22.6 Å². The summed E-state index contributed by atoms with van der Waals surface area (Å²) in [6, 6.07) is 21.5. The van der Waals surface area contributed by atoms with E-state index in [9.17, 15) is 15.0 Å². The molecule has 1 amide bonds. The summed E-state index contributed by atoms with van der Waals surface area (Å²) in [6.07, 6.45) is 19.0. The predicted octanol–water partition coefficient (Wildman–Crippen LogP) is 10.3. The lowest BCUT2D eigenvalue weighted by molar-refractivity contribution is -0.176. The fourth-order valence-electron chi connectivity index (χ4n) is 16.3. The molecule has 0 radical (unpaired) electrons. The fraction of sp³-hybridized carbons (Fsp3) is 0.577. The van der Waals surface area contributed by atoms with Gasteiger partial charge in [0.2, 0.25) is 0 Å². The van der Waals surface area contributed by atoms with Crippen LogP contribution in [0, 0.1) is 56.7 Å². The molecule has 3 aromatic rings. The third kappa shape index (κ3) is 5.44. The van der Waals surface area contributed by atoms with E-state index in [1.54, 1.807) is 7.11 Å². The van der Waals surface area contributed by atoms with Gasteiger partial charge in [-0.15, -0.1) is 0 Å². The Morgan fingerprint density at radius 3 is 2.10 bits per heavy atom. The molecule has 2 N–H and O–H groups in total. The highest BCUT2D eigenvalue weighted by Crippen LogP contribution is 2.78. The maximum absolute atomic E-state index is 15.1. The van der Waals surface area contributed by atoms with Crippen LogP contribution in [0.5, 0.6) is 11.5 Å². The SMILES string of the molecule is COc1ccc(C(=O)C2=C[C@@]34C=C[C@@]25[C@@H]2CC[C@@](O)(CN(CC67CC8CC(CC(C8)C6)C7)C(=O)Oc6ccc7ccccc7c6)[C@@]2(C)CC[C@@H]5[C@@]3(C)CCC(O)C4)cc1. The first-order chi connectivity index (χ1) is 28.3. The van der Waals surface area contributed by atoms with Gasteiger partial charge in [-0.05, 0) is 171 Å². The summed E-state index contributed by atoms with van der Waals surface area (Å²) in [6.45, 7) is 5.54.